The molecule has 0 saturated carbocycles. The summed E-state index contributed by atoms with van der Waals surface area (Å²) in [5, 5.41) is 11.7. The quantitative estimate of drug-likeness (QED) is 0.909. The number of benzene rings is 1. The highest BCUT2D eigenvalue weighted by Crippen LogP contribution is 2.25. The number of piperazine rings is 1. The van der Waals surface area contributed by atoms with Crippen LogP contribution in [0.5, 0.6) is 0 Å². The molecule has 0 aliphatic carbocycles. The van der Waals surface area contributed by atoms with Crippen molar-refractivity contribution >= 4 is 29.9 Å². The van der Waals surface area contributed by atoms with Crippen LogP contribution in [0, 0.1) is 0 Å². The van der Waals surface area contributed by atoms with Gasteiger partial charge in [0.15, 0.2) is 0 Å². The highest BCUT2D eigenvalue weighted by atomic mass is 35.5. The second-order valence-corrected chi connectivity index (χ2v) is 5.71. The van der Waals surface area contributed by atoms with Crippen molar-refractivity contribution < 1.29 is 4.79 Å². The van der Waals surface area contributed by atoms with Crippen LogP contribution in [-0.2, 0) is 11.3 Å². The Hall–Kier alpha value is -1.63. The van der Waals surface area contributed by atoms with Crippen LogP contribution in [0.4, 0.5) is 0 Å². The fourth-order valence-electron chi connectivity index (χ4n) is 2.72. The van der Waals surface area contributed by atoms with Gasteiger partial charge in [-0.05, 0) is 17.7 Å². The smallest absolute Gasteiger partial charge is 0.225 e. The summed E-state index contributed by atoms with van der Waals surface area (Å²) in [6.45, 7) is 2.81. The third kappa shape index (κ3) is 4.43. The number of hydrogen-bond acceptors (Lipinski definition) is 4. The molecule has 124 valence electrons. The molecule has 1 aromatic carbocycles. The molecule has 0 bridgehead atoms. The van der Waals surface area contributed by atoms with Crippen LogP contribution in [0.2, 0.25) is 5.02 Å². The zero-order chi connectivity index (χ0) is 15.4. The normalized spacial score (nSPS) is 17.6. The SMILES string of the molecule is Cl.O=C(CCn1ccnn1)N1CCNCC1c1cccc(Cl)c1. The van der Waals surface area contributed by atoms with Crippen LogP contribution in [0.3, 0.4) is 0 Å². The molecule has 23 heavy (non-hydrogen) atoms. The summed E-state index contributed by atoms with van der Waals surface area (Å²) in [5.74, 6) is 0.127. The number of carbonyl (C=O) groups excluding carboxylic acids is 1. The van der Waals surface area contributed by atoms with E-state index in [4.69, 9.17) is 11.6 Å². The third-order valence-electron chi connectivity index (χ3n) is 3.82. The first-order chi connectivity index (χ1) is 10.7. The van der Waals surface area contributed by atoms with E-state index in [-0.39, 0.29) is 24.4 Å². The van der Waals surface area contributed by atoms with E-state index in [1.807, 2.05) is 29.2 Å². The number of nitrogens with zero attached hydrogens (tertiary/aromatic N) is 4. The molecule has 2 aromatic rings. The molecule has 1 atom stereocenters. The number of rotatable bonds is 4. The minimum Gasteiger partial charge on any atom is -0.333 e. The lowest BCUT2D eigenvalue weighted by molar-refractivity contribution is -0.134. The van der Waals surface area contributed by atoms with Gasteiger partial charge in [-0.15, -0.1) is 17.5 Å². The first-order valence-electron chi connectivity index (χ1n) is 7.34. The predicted molar refractivity (Wildman–Crippen MR) is 90.7 cm³/mol. The Kier molecular flexibility index (Phi) is 6.38. The van der Waals surface area contributed by atoms with Gasteiger partial charge in [0.25, 0.3) is 0 Å². The van der Waals surface area contributed by atoms with E-state index < -0.39 is 0 Å². The molecule has 1 aliphatic rings. The van der Waals surface area contributed by atoms with Crippen LogP contribution >= 0.6 is 24.0 Å². The van der Waals surface area contributed by atoms with Crippen molar-refractivity contribution in [3.8, 4) is 0 Å². The zero-order valence-corrected chi connectivity index (χ0v) is 14.1. The number of aromatic nitrogens is 3. The summed E-state index contributed by atoms with van der Waals surface area (Å²) in [7, 11) is 0. The summed E-state index contributed by atoms with van der Waals surface area (Å²) in [4.78, 5) is 14.5. The van der Waals surface area contributed by atoms with Crippen molar-refractivity contribution in [2.75, 3.05) is 19.6 Å². The van der Waals surface area contributed by atoms with Gasteiger partial charge in [0.2, 0.25) is 5.91 Å². The number of amides is 1. The molecule has 1 saturated heterocycles. The monoisotopic (exact) mass is 355 g/mol. The Morgan fingerprint density at radius 1 is 1.43 bits per heavy atom. The van der Waals surface area contributed by atoms with Crippen molar-refractivity contribution in [2.45, 2.75) is 19.0 Å². The van der Waals surface area contributed by atoms with Crippen molar-refractivity contribution in [3.63, 3.8) is 0 Å². The average molecular weight is 356 g/mol. The highest BCUT2D eigenvalue weighted by Gasteiger charge is 2.27. The molecule has 8 heteroatoms. The van der Waals surface area contributed by atoms with Gasteiger partial charge in [-0.3, -0.25) is 9.48 Å². The predicted octanol–water partition coefficient (Wildman–Crippen LogP) is 1.92. The number of nitrogens with one attached hydrogen (secondary N) is 1. The van der Waals surface area contributed by atoms with Crippen LogP contribution in [0.25, 0.3) is 0 Å². The van der Waals surface area contributed by atoms with Gasteiger partial charge in [-0.25, -0.2) is 0 Å². The lowest BCUT2D eigenvalue weighted by Crippen LogP contribution is -2.48. The van der Waals surface area contributed by atoms with Crippen LogP contribution in [0.1, 0.15) is 18.0 Å². The van der Waals surface area contributed by atoms with E-state index in [1.54, 1.807) is 17.1 Å². The molecule has 2 heterocycles. The largest absolute Gasteiger partial charge is 0.333 e. The van der Waals surface area contributed by atoms with Crippen molar-refractivity contribution in [2.24, 2.45) is 0 Å². The lowest BCUT2D eigenvalue weighted by atomic mass is 10.0. The number of aryl methyl sites for hydroxylation is 1. The van der Waals surface area contributed by atoms with Crippen LogP contribution in [0.15, 0.2) is 36.7 Å². The first-order valence-corrected chi connectivity index (χ1v) is 7.71. The molecular weight excluding hydrogens is 337 g/mol. The van der Waals surface area contributed by atoms with Crippen molar-refractivity contribution in [1.29, 1.82) is 0 Å². The van der Waals surface area contributed by atoms with Gasteiger partial charge < -0.3 is 10.2 Å². The molecule has 3 rings (SSSR count). The van der Waals surface area contributed by atoms with E-state index in [0.717, 1.165) is 18.7 Å². The fraction of sp³-hybridized carbons (Fsp3) is 0.400. The summed E-state index contributed by atoms with van der Waals surface area (Å²) in [6.07, 6.45) is 3.80. The van der Waals surface area contributed by atoms with Gasteiger partial charge >= 0.3 is 0 Å². The maximum Gasteiger partial charge on any atom is 0.225 e. The molecule has 1 fully saturated rings. The van der Waals surface area contributed by atoms with E-state index in [2.05, 4.69) is 15.6 Å². The molecule has 1 N–H and O–H groups in total. The van der Waals surface area contributed by atoms with Gasteiger partial charge in [0.05, 0.1) is 18.8 Å². The van der Waals surface area contributed by atoms with Gasteiger partial charge in [-0.2, -0.15) is 0 Å². The molecule has 1 aromatic heterocycles. The Morgan fingerprint density at radius 2 is 2.30 bits per heavy atom. The minimum absolute atomic E-state index is 0. The highest BCUT2D eigenvalue weighted by molar-refractivity contribution is 6.30. The first kappa shape index (κ1) is 17.7. The van der Waals surface area contributed by atoms with E-state index in [0.29, 0.717) is 24.5 Å². The maximum absolute atomic E-state index is 12.6. The lowest BCUT2D eigenvalue weighted by Gasteiger charge is -2.36. The van der Waals surface area contributed by atoms with E-state index in [9.17, 15) is 4.79 Å². The van der Waals surface area contributed by atoms with Gasteiger partial charge in [0.1, 0.15) is 0 Å². The topological polar surface area (TPSA) is 63.1 Å². The fourth-order valence-corrected chi connectivity index (χ4v) is 2.92. The Bertz CT molecular complexity index is 635. The molecule has 1 unspecified atom stereocenters. The zero-order valence-electron chi connectivity index (χ0n) is 12.6. The molecule has 1 aliphatic heterocycles. The summed E-state index contributed by atoms with van der Waals surface area (Å²) in [6, 6.07) is 7.73. The minimum atomic E-state index is 0. The molecule has 6 nitrogen and oxygen atoms in total. The second kappa shape index (κ2) is 8.29. The average Bonchev–Trinajstić information content (AvgIpc) is 3.06. The third-order valence-corrected chi connectivity index (χ3v) is 4.06. The summed E-state index contributed by atoms with van der Waals surface area (Å²) in [5.41, 5.74) is 1.06. The maximum atomic E-state index is 12.6. The van der Waals surface area contributed by atoms with Crippen LogP contribution < -0.4 is 5.32 Å². The van der Waals surface area contributed by atoms with Crippen molar-refractivity contribution in [3.05, 3.63) is 47.2 Å². The van der Waals surface area contributed by atoms with Gasteiger partial charge in [0, 0.05) is 37.3 Å². The summed E-state index contributed by atoms with van der Waals surface area (Å²) < 4.78 is 1.68. The number of halogens is 2. The Morgan fingerprint density at radius 3 is 3.04 bits per heavy atom. The van der Waals surface area contributed by atoms with Gasteiger partial charge in [-0.1, -0.05) is 28.9 Å². The number of carbonyl (C=O) groups is 1. The van der Waals surface area contributed by atoms with E-state index in [1.165, 1.54) is 0 Å². The van der Waals surface area contributed by atoms with E-state index >= 15 is 0 Å². The standard InChI is InChI=1S/C15H18ClN5O.ClH/c16-13-3-1-2-12(10-13)14-11-17-5-9-21(14)15(22)4-7-20-8-6-18-19-20;/h1-3,6,8,10,14,17H,4-5,7,9,11H2;1H. The Labute approximate surface area is 146 Å². The molecular formula is C15H19Cl2N5O. The van der Waals surface area contributed by atoms with Crippen molar-refractivity contribution in [1.82, 2.24) is 25.2 Å². The second-order valence-electron chi connectivity index (χ2n) is 5.28. The Balaban J connectivity index is 0.00000192. The molecule has 0 radical (unpaired) electrons. The number of hydrogen-bond donors (Lipinski definition) is 1. The summed E-state index contributed by atoms with van der Waals surface area (Å²) >= 11 is 6.08. The van der Waals surface area contributed by atoms with Crippen LogP contribution in [-0.4, -0.2) is 45.4 Å². The molecule has 1 amide bonds. The molecule has 0 spiro atoms.